The SMILES string of the molecule is Cc1cc(F)c(NC(=O)C2(C(=O)O)CCC2)cc1F. The molecule has 1 aliphatic rings. The van der Waals surface area contributed by atoms with Crippen LogP contribution < -0.4 is 5.32 Å². The molecular formula is C13H13F2NO3. The second-order valence-corrected chi connectivity index (χ2v) is 4.78. The zero-order valence-corrected chi connectivity index (χ0v) is 10.3. The van der Waals surface area contributed by atoms with Crippen molar-refractivity contribution in [2.45, 2.75) is 26.2 Å². The molecule has 0 aromatic heterocycles. The van der Waals surface area contributed by atoms with Crippen LogP contribution in [-0.4, -0.2) is 17.0 Å². The van der Waals surface area contributed by atoms with Crippen LogP contribution in [0.1, 0.15) is 24.8 Å². The lowest BCUT2D eigenvalue weighted by molar-refractivity contribution is -0.159. The van der Waals surface area contributed by atoms with Gasteiger partial charge in [0.25, 0.3) is 0 Å². The number of amides is 1. The van der Waals surface area contributed by atoms with Gasteiger partial charge in [0.1, 0.15) is 17.0 Å². The van der Waals surface area contributed by atoms with Crippen molar-refractivity contribution in [1.82, 2.24) is 0 Å². The van der Waals surface area contributed by atoms with Crippen LogP contribution in [0.5, 0.6) is 0 Å². The van der Waals surface area contributed by atoms with Crippen molar-refractivity contribution in [2.24, 2.45) is 5.41 Å². The second kappa shape index (κ2) is 4.60. The van der Waals surface area contributed by atoms with Gasteiger partial charge in [-0.2, -0.15) is 0 Å². The number of anilines is 1. The Morgan fingerprint density at radius 3 is 2.37 bits per heavy atom. The second-order valence-electron chi connectivity index (χ2n) is 4.78. The minimum Gasteiger partial charge on any atom is -0.480 e. The quantitative estimate of drug-likeness (QED) is 0.828. The Kier molecular flexibility index (Phi) is 3.26. The van der Waals surface area contributed by atoms with Crippen LogP contribution >= 0.6 is 0 Å². The van der Waals surface area contributed by atoms with E-state index in [0.29, 0.717) is 6.42 Å². The van der Waals surface area contributed by atoms with Crippen molar-refractivity contribution in [2.75, 3.05) is 5.32 Å². The van der Waals surface area contributed by atoms with E-state index in [-0.39, 0.29) is 24.1 Å². The number of aryl methyl sites for hydroxylation is 1. The van der Waals surface area contributed by atoms with Crippen molar-refractivity contribution in [3.63, 3.8) is 0 Å². The smallest absolute Gasteiger partial charge is 0.319 e. The molecule has 1 aliphatic carbocycles. The van der Waals surface area contributed by atoms with Crippen molar-refractivity contribution in [1.29, 1.82) is 0 Å². The highest BCUT2D eigenvalue weighted by Gasteiger charge is 2.51. The number of rotatable bonds is 3. The number of aliphatic carboxylic acids is 1. The maximum absolute atomic E-state index is 13.6. The summed E-state index contributed by atoms with van der Waals surface area (Å²) < 4.78 is 26.9. The van der Waals surface area contributed by atoms with Crippen LogP contribution in [0.2, 0.25) is 0 Å². The molecule has 2 rings (SSSR count). The van der Waals surface area contributed by atoms with Gasteiger partial charge in [-0.1, -0.05) is 6.42 Å². The average molecular weight is 269 g/mol. The summed E-state index contributed by atoms with van der Waals surface area (Å²) in [6.07, 6.45) is 1.05. The summed E-state index contributed by atoms with van der Waals surface area (Å²) in [5, 5.41) is 11.2. The lowest BCUT2D eigenvalue weighted by atomic mass is 9.68. The van der Waals surface area contributed by atoms with Gasteiger partial charge in [-0.05, 0) is 31.4 Å². The predicted octanol–water partition coefficient (Wildman–Crippen LogP) is 2.47. The predicted molar refractivity (Wildman–Crippen MR) is 63.6 cm³/mol. The van der Waals surface area contributed by atoms with E-state index in [9.17, 15) is 18.4 Å². The first-order chi connectivity index (χ1) is 8.86. The van der Waals surface area contributed by atoms with Crippen LogP contribution in [0.3, 0.4) is 0 Å². The van der Waals surface area contributed by atoms with Crippen LogP contribution in [-0.2, 0) is 9.59 Å². The number of halogens is 2. The Morgan fingerprint density at radius 1 is 1.26 bits per heavy atom. The zero-order valence-electron chi connectivity index (χ0n) is 10.3. The molecule has 0 bridgehead atoms. The Labute approximate surface area is 108 Å². The summed E-state index contributed by atoms with van der Waals surface area (Å²) in [5.41, 5.74) is -1.72. The molecule has 1 aromatic rings. The lowest BCUT2D eigenvalue weighted by Crippen LogP contribution is -2.48. The van der Waals surface area contributed by atoms with E-state index < -0.39 is 28.9 Å². The molecule has 4 nitrogen and oxygen atoms in total. The van der Waals surface area contributed by atoms with Gasteiger partial charge in [0.15, 0.2) is 0 Å². The highest BCUT2D eigenvalue weighted by Crippen LogP contribution is 2.42. The normalized spacial score (nSPS) is 16.6. The molecule has 0 saturated heterocycles. The van der Waals surface area contributed by atoms with E-state index >= 15 is 0 Å². The summed E-state index contributed by atoms with van der Waals surface area (Å²) >= 11 is 0. The molecule has 0 heterocycles. The molecule has 1 fully saturated rings. The van der Waals surface area contributed by atoms with Crippen molar-refractivity contribution in [3.05, 3.63) is 29.3 Å². The van der Waals surface area contributed by atoms with Gasteiger partial charge in [0, 0.05) is 6.07 Å². The third kappa shape index (κ3) is 2.18. The van der Waals surface area contributed by atoms with Crippen LogP contribution in [0.4, 0.5) is 14.5 Å². The van der Waals surface area contributed by atoms with Crippen LogP contribution in [0, 0.1) is 24.0 Å². The molecule has 0 spiro atoms. The monoisotopic (exact) mass is 269 g/mol. The number of carboxylic acids is 1. The standard InChI is InChI=1S/C13H13F2NO3/c1-7-5-9(15)10(6-8(7)14)16-11(17)13(12(18)19)3-2-4-13/h5-6H,2-4H2,1H3,(H,16,17)(H,18,19). The molecular weight excluding hydrogens is 256 g/mol. The molecule has 2 N–H and O–H groups in total. The number of hydrogen-bond acceptors (Lipinski definition) is 2. The first kappa shape index (κ1) is 13.5. The van der Waals surface area contributed by atoms with Gasteiger partial charge in [-0.15, -0.1) is 0 Å². The summed E-state index contributed by atoms with van der Waals surface area (Å²) in [6, 6.07) is 1.82. The van der Waals surface area contributed by atoms with Gasteiger partial charge in [-0.25, -0.2) is 8.78 Å². The van der Waals surface area contributed by atoms with Crippen LogP contribution in [0.25, 0.3) is 0 Å². The number of carboxylic acid groups (broad SMARTS) is 1. The first-order valence-corrected chi connectivity index (χ1v) is 5.87. The molecule has 6 heteroatoms. The fraction of sp³-hybridized carbons (Fsp3) is 0.385. The fourth-order valence-corrected chi connectivity index (χ4v) is 2.05. The van der Waals surface area contributed by atoms with Crippen LogP contribution in [0.15, 0.2) is 12.1 Å². The fourth-order valence-electron chi connectivity index (χ4n) is 2.05. The summed E-state index contributed by atoms with van der Waals surface area (Å²) in [5.74, 6) is -3.47. The van der Waals surface area contributed by atoms with E-state index in [1.165, 1.54) is 6.92 Å². The highest BCUT2D eigenvalue weighted by atomic mass is 19.1. The Bertz CT molecular complexity index is 553. The Hall–Kier alpha value is -1.98. The molecule has 1 saturated carbocycles. The summed E-state index contributed by atoms with van der Waals surface area (Å²) in [6.45, 7) is 1.40. The number of nitrogens with one attached hydrogen (secondary N) is 1. The third-order valence-electron chi connectivity index (χ3n) is 3.55. The zero-order chi connectivity index (χ0) is 14.2. The van der Waals surface area contributed by atoms with Crippen molar-refractivity contribution in [3.8, 4) is 0 Å². The minimum atomic E-state index is -1.51. The Morgan fingerprint density at radius 2 is 1.89 bits per heavy atom. The molecule has 19 heavy (non-hydrogen) atoms. The molecule has 102 valence electrons. The molecule has 1 aromatic carbocycles. The number of carbonyl (C=O) groups excluding carboxylic acids is 1. The summed E-state index contributed by atoms with van der Waals surface area (Å²) in [7, 11) is 0. The van der Waals surface area contributed by atoms with E-state index in [4.69, 9.17) is 5.11 Å². The van der Waals surface area contributed by atoms with Gasteiger partial charge in [0.05, 0.1) is 5.69 Å². The largest absolute Gasteiger partial charge is 0.480 e. The topological polar surface area (TPSA) is 66.4 Å². The summed E-state index contributed by atoms with van der Waals surface area (Å²) in [4.78, 5) is 23.0. The van der Waals surface area contributed by atoms with E-state index in [2.05, 4.69) is 5.32 Å². The first-order valence-electron chi connectivity index (χ1n) is 5.87. The maximum atomic E-state index is 13.6. The lowest BCUT2D eigenvalue weighted by Gasteiger charge is -2.35. The maximum Gasteiger partial charge on any atom is 0.319 e. The van der Waals surface area contributed by atoms with E-state index in [1.54, 1.807) is 0 Å². The number of benzene rings is 1. The highest BCUT2D eigenvalue weighted by molar-refractivity contribution is 6.09. The van der Waals surface area contributed by atoms with E-state index in [0.717, 1.165) is 12.1 Å². The van der Waals surface area contributed by atoms with Gasteiger partial charge in [0.2, 0.25) is 5.91 Å². The number of hydrogen-bond donors (Lipinski definition) is 2. The van der Waals surface area contributed by atoms with Gasteiger partial charge in [-0.3, -0.25) is 9.59 Å². The van der Waals surface area contributed by atoms with Gasteiger partial charge < -0.3 is 10.4 Å². The van der Waals surface area contributed by atoms with Crippen molar-refractivity contribution < 1.29 is 23.5 Å². The van der Waals surface area contributed by atoms with Crippen molar-refractivity contribution >= 4 is 17.6 Å². The molecule has 1 amide bonds. The minimum absolute atomic E-state index is 0.118. The Balaban J connectivity index is 2.24. The van der Waals surface area contributed by atoms with E-state index in [1.807, 2.05) is 0 Å². The van der Waals surface area contributed by atoms with Gasteiger partial charge >= 0.3 is 5.97 Å². The molecule has 0 aliphatic heterocycles. The third-order valence-corrected chi connectivity index (χ3v) is 3.55. The molecule has 0 radical (unpaired) electrons. The average Bonchev–Trinajstić information content (AvgIpc) is 2.23. The molecule has 0 atom stereocenters. The molecule has 0 unspecified atom stereocenters. The number of carbonyl (C=O) groups is 2.